The molecular formula is C72H51N3O. The highest BCUT2D eigenvalue weighted by Gasteiger charge is 2.39. The van der Waals surface area contributed by atoms with Crippen molar-refractivity contribution < 1.29 is 4.42 Å². The normalized spacial score (nSPS) is 14.0. The van der Waals surface area contributed by atoms with Crippen LogP contribution in [0.5, 0.6) is 0 Å². The van der Waals surface area contributed by atoms with Gasteiger partial charge >= 0.3 is 0 Å². The molecular weight excluding hydrogens is 923 g/mol. The van der Waals surface area contributed by atoms with E-state index in [1.165, 1.54) is 111 Å². The number of para-hydroxylation sites is 5. The van der Waals surface area contributed by atoms with Crippen molar-refractivity contribution in [2.75, 3.05) is 4.90 Å². The Kier molecular flexibility index (Phi) is 8.83. The molecule has 0 saturated heterocycles. The van der Waals surface area contributed by atoms with Crippen molar-refractivity contribution in [3.63, 3.8) is 0 Å². The smallest absolute Gasteiger partial charge is 0.135 e. The zero-order valence-electron chi connectivity index (χ0n) is 42.8. The fraction of sp³-hybridized carbons (Fsp3) is 0.0833. The summed E-state index contributed by atoms with van der Waals surface area (Å²) >= 11 is 0. The lowest BCUT2D eigenvalue weighted by Crippen LogP contribution is -2.18. The van der Waals surface area contributed by atoms with E-state index in [-0.39, 0.29) is 10.8 Å². The number of rotatable bonds is 6. The first-order chi connectivity index (χ1) is 37.2. The van der Waals surface area contributed by atoms with Crippen LogP contribution in [0.1, 0.15) is 49.9 Å². The Hall–Kier alpha value is -9.38. The number of aromatic nitrogens is 2. The van der Waals surface area contributed by atoms with E-state index in [4.69, 9.17) is 4.42 Å². The van der Waals surface area contributed by atoms with Gasteiger partial charge in [-0.2, -0.15) is 0 Å². The first-order valence-electron chi connectivity index (χ1n) is 26.6. The van der Waals surface area contributed by atoms with Gasteiger partial charge in [0.15, 0.2) is 0 Å². The summed E-state index contributed by atoms with van der Waals surface area (Å²) < 4.78 is 11.2. The summed E-state index contributed by atoms with van der Waals surface area (Å²) in [7, 11) is 0. The third kappa shape index (κ3) is 6.01. The molecule has 0 spiro atoms. The molecule has 0 atom stereocenters. The Balaban J connectivity index is 0.811. The molecule has 0 unspecified atom stereocenters. The molecule has 0 N–H and O–H groups in total. The van der Waals surface area contributed by atoms with Crippen molar-refractivity contribution >= 4 is 82.6 Å². The number of furan rings is 1. The molecule has 0 saturated carbocycles. The maximum Gasteiger partial charge on any atom is 0.135 e. The molecule has 76 heavy (non-hydrogen) atoms. The number of hydrogen-bond acceptors (Lipinski definition) is 2. The number of nitrogens with zero attached hydrogens (tertiary/aromatic N) is 3. The molecule has 3 aromatic heterocycles. The predicted molar refractivity (Wildman–Crippen MR) is 318 cm³/mol. The average molecular weight is 974 g/mol. The monoisotopic (exact) mass is 973 g/mol. The van der Waals surface area contributed by atoms with E-state index in [0.717, 1.165) is 39.0 Å². The fourth-order valence-electron chi connectivity index (χ4n) is 13.5. The zero-order valence-corrected chi connectivity index (χ0v) is 42.8. The van der Waals surface area contributed by atoms with Gasteiger partial charge in [0, 0.05) is 71.6 Å². The van der Waals surface area contributed by atoms with Crippen molar-refractivity contribution in [2.24, 2.45) is 0 Å². The van der Waals surface area contributed by atoms with Crippen molar-refractivity contribution in [3.05, 3.63) is 259 Å². The maximum absolute atomic E-state index is 6.41. The van der Waals surface area contributed by atoms with Crippen LogP contribution in [0.4, 0.5) is 17.1 Å². The Bertz CT molecular complexity index is 4720. The van der Waals surface area contributed by atoms with Crippen LogP contribution in [-0.2, 0) is 10.8 Å². The Morgan fingerprint density at radius 2 is 0.737 bits per heavy atom. The van der Waals surface area contributed by atoms with Crippen LogP contribution in [-0.4, -0.2) is 9.13 Å². The summed E-state index contributed by atoms with van der Waals surface area (Å²) in [5.74, 6) is 0. The Labute approximate surface area is 440 Å². The largest absolute Gasteiger partial charge is 0.456 e. The molecule has 0 amide bonds. The number of fused-ring (bicyclic) bond motifs is 15. The van der Waals surface area contributed by atoms with Crippen LogP contribution < -0.4 is 4.90 Å². The minimum atomic E-state index is -0.269. The van der Waals surface area contributed by atoms with E-state index in [1.807, 2.05) is 6.07 Å². The molecule has 0 aliphatic heterocycles. The number of hydrogen-bond donors (Lipinski definition) is 0. The van der Waals surface area contributed by atoms with Gasteiger partial charge in [-0.25, -0.2) is 0 Å². The highest BCUT2D eigenvalue weighted by molar-refractivity contribution is 6.12. The van der Waals surface area contributed by atoms with Gasteiger partial charge in [0.25, 0.3) is 0 Å². The SMILES string of the molecule is CC1(C)c2cc(-c3ccc4c(c3)c3ccccc3n4-c3ccccc3)ccc2-c2ccc(N(c3ccc4c(c3)C(C)(C)c3cc(-n5c6ccccc6c6ccccc65)ccc3-4)c3ccc4oc5ccccc5c4c3)cc21. The number of benzene rings is 11. The molecule has 4 heteroatoms. The minimum absolute atomic E-state index is 0.268. The van der Waals surface area contributed by atoms with Crippen LogP contribution >= 0.6 is 0 Å². The van der Waals surface area contributed by atoms with Gasteiger partial charge in [-0.3, -0.25) is 0 Å². The van der Waals surface area contributed by atoms with Crippen LogP contribution in [0.2, 0.25) is 0 Å². The molecule has 0 fully saturated rings. The van der Waals surface area contributed by atoms with E-state index in [0.29, 0.717) is 0 Å². The van der Waals surface area contributed by atoms with Crippen molar-refractivity contribution in [3.8, 4) is 44.8 Å². The van der Waals surface area contributed by atoms with Crippen LogP contribution in [0.25, 0.3) is 110 Å². The standard InChI is InChI=1S/C72H51N3O/c1-71(2)61-39-45(44-27-36-68-59(38-44)57-20-10-14-24-67(57)74(68)46-16-6-5-7-17-46)26-32-51(61)52-33-28-48(41-62(52)71)73(47-31-37-70-60(40-47)58-21-11-15-25-69(58)76-70)49-29-34-53-54-35-30-50(43-64(54)72(3,4)63(53)42-49)75-65-22-12-8-18-55(65)56-19-9-13-23-66(56)75/h5-43H,1-4H3. The molecule has 0 radical (unpaired) electrons. The zero-order chi connectivity index (χ0) is 50.6. The molecule has 11 aromatic carbocycles. The fourth-order valence-corrected chi connectivity index (χ4v) is 13.5. The van der Waals surface area contributed by atoms with E-state index in [1.54, 1.807) is 0 Å². The second-order valence-corrected chi connectivity index (χ2v) is 22.1. The average Bonchev–Trinajstić information content (AvgIpc) is 4.27. The van der Waals surface area contributed by atoms with Crippen LogP contribution in [0.3, 0.4) is 0 Å². The van der Waals surface area contributed by atoms with Gasteiger partial charge in [0.2, 0.25) is 0 Å². The third-order valence-electron chi connectivity index (χ3n) is 17.3. The van der Waals surface area contributed by atoms with Gasteiger partial charge in [-0.1, -0.05) is 155 Å². The molecule has 14 aromatic rings. The van der Waals surface area contributed by atoms with Crippen molar-refractivity contribution in [1.82, 2.24) is 9.13 Å². The van der Waals surface area contributed by atoms with Gasteiger partial charge < -0.3 is 18.5 Å². The molecule has 2 aliphatic carbocycles. The van der Waals surface area contributed by atoms with Crippen molar-refractivity contribution in [1.29, 1.82) is 0 Å². The topological polar surface area (TPSA) is 26.2 Å². The summed E-state index contributed by atoms with van der Waals surface area (Å²) in [6.07, 6.45) is 0. The van der Waals surface area contributed by atoms with E-state index < -0.39 is 0 Å². The second kappa shape index (κ2) is 15.6. The minimum Gasteiger partial charge on any atom is -0.456 e. The summed E-state index contributed by atoms with van der Waals surface area (Å²) in [4.78, 5) is 2.47. The highest BCUT2D eigenvalue weighted by atomic mass is 16.3. The summed E-state index contributed by atoms with van der Waals surface area (Å²) in [5.41, 5.74) is 24.7. The first-order valence-corrected chi connectivity index (χ1v) is 26.6. The first kappa shape index (κ1) is 43.1. The van der Waals surface area contributed by atoms with E-state index in [9.17, 15) is 0 Å². The molecule has 0 bridgehead atoms. The van der Waals surface area contributed by atoms with Crippen LogP contribution in [0, 0.1) is 0 Å². The highest BCUT2D eigenvalue weighted by Crippen LogP contribution is 2.55. The van der Waals surface area contributed by atoms with Gasteiger partial charge in [0.05, 0.1) is 22.1 Å². The molecule has 3 heterocycles. The van der Waals surface area contributed by atoms with Gasteiger partial charge in [-0.05, 0) is 165 Å². The molecule has 2 aliphatic rings. The van der Waals surface area contributed by atoms with Crippen LogP contribution in [0.15, 0.2) is 241 Å². The summed E-state index contributed by atoms with van der Waals surface area (Å²) in [6.45, 7) is 9.60. The summed E-state index contributed by atoms with van der Waals surface area (Å²) in [6, 6.07) is 87.7. The lowest BCUT2D eigenvalue weighted by molar-refractivity contribution is 0.659. The Morgan fingerprint density at radius 1 is 0.303 bits per heavy atom. The lowest BCUT2D eigenvalue weighted by atomic mass is 9.81. The predicted octanol–water partition coefficient (Wildman–Crippen LogP) is 19.5. The van der Waals surface area contributed by atoms with E-state index >= 15 is 0 Å². The summed E-state index contributed by atoms with van der Waals surface area (Å²) in [5, 5.41) is 7.28. The van der Waals surface area contributed by atoms with Gasteiger partial charge in [-0.15, -0.1) is 0 Å². The second-order valence-electron chi connectivity index (χ2n) is 22.1. The number of anilines is 3. The van der Waals surface area contributed by atoms with Gasteiger partial charge in [0.1, 0.15) is 11.2 Å². The van der Waals surface area contributed by atoms with Crippen molar-refractivity contribution in [2.45, 2.75) is 38.5 Å². The third-order valence-corrected chi connectivity index (χ3v) is 17.3. The lowest BCUT2D eigenvalue weighted by Gasteiger charge is -2.30. The maximum atomic E-state index is 6.41. The quantitative estimate of drug-likeness (QED) is 0.166. The molecule has 16 rings (SSSR count). The molecule has 360 valence electrons. The van der Waals surface area contributed by atoms with E-state index in [2.05, 4.69) is 272 Å². The molecule has 4 nitrogen and oxygen atoms in total. The Morgan fingerprint density at radius 3 is 1.38 bits per heavy atom.